The Morgan fingerprint density at radius 3 is 2.79 bits per heavy atom. The van der Waals surface area contributed by atoms with Crippen molar-refractivity contribution in [1.29, 1.82) is 0 Å². The van der Waals surface area contributed by atoms with Crippen LogP contribution in [0.1, 0.15) is 5.76 Å². The minimum atomic E-state index is 0.00298. The van der Waals surface area contributed by atoms with Crippen molar-refractivity contribution in [3.8, 4) is 11.3 Å². The summed E-state index contributed by atoms with van der Waals surface area (Å²) in [7, 11) is 1.88. The average Bonchev–Trinajstić information content (AvgIpc) is 3.39. The van der Waals surface area contributed by atoms with Crippen molar-refractivity contribution in [1.82, 2.24) is 30.0 Å². The maximum atomic E-state index is 12.1. The highest BCUT2D eigenvalue weighted by molar-refractivity contribution is 5.78. The van der Waals surface area contributed by atoms with E-state index in [9.17, 15) is 4.79 Å². The molecule has 4 heterocycles. The van der Waals surface area contributed by atoms with Gasteiger partial charge in [-0.3, -0.25) is 19.4 Å². The van der Waals surface area contributed by atoms with Crippen LogP contribution in [-0.2, 0) is 18.4 Å². The number of anilines is 1. The first-order valence-corrected chi connectivity index (χ1v) is 9.25. The normalized spacial score (nSPS) is 15.0. The molecule has 1 fully saturated rings. The molecule has 146 valence electrons. The molecule has 1 saturated heterocycles. The third-order valence-electron chi connectivity index (χ3n) is 4.73. The van der Waals surface area contributed by atoms with Gasteiger partial charge in [-0.1, -0.05) is 0 Å². The molecule has 1 aliphatic rings. The van der Waals surface area contributed by atoms with Crippen LogP contribution in [0.3, 0.4) is 0 Å². The lowest BCUT2D eigenvalue weighted by Gasteiger charge is -2.34. The van der Waals surface area contributed by atoms with Gasteiger partial charge in [0.1, 0.15) is 11.6 Å². The zero-order chi connectivity index (χ0) is 19.3. The van der Waals surface area contributed by atoms with Crippen LogP contribution in [0.25, 0.3) is 11.3 Å². The molecule has 0 atom stereocenters. The van der Waals surface area contributed by atoms with E-state index in [-0.39, 0.29) is 5.91 Å². The van der Waals surface area contributed by atoms with Gasteiger partial charge >= 0.3 is 0 Å². The standard InChI is InChI=1S/C19H23N7O2/c1-24-13-15(9-22-24)17-11-20-12-18(23-17)26-6-4-25(5-7-26)14-19(27)21-10-16-3-2-8-28-16/h2-3,8-9,11-13H,4-7,10,14H2,1H3,(H,21,27). The smallest absolute Gasteiger partial charge is 0.234 e. The van der Waals surface area contributed by atoms with Gasteiger partial charge in [0.15, 0.2) is 0 Å². The van der Waals surface area contributed by atoms with E-state index in [1.165, 1.54) is 0 Å². The Hall–Kier alpha value is -3.20. The molecule has 0 saturated carbocycles. The summed E-state index contributed by atoms with van der Waals surface area (Å²) in [4.78, 5) is 25.5. The van der Waals surface area contributed by atoms with Crippen molar-refractivity contribution >= 4 is 11.7 Å². The lowest BCUT2D eigenvalue weighted by Crippen LogP contribution is -2.49. The zero-order valence-electron chi connectivity index (χ0n) is 15.8. The number of carbonyl (C=O) groups excluding carboxylic acids is 1. The van der Waals surface area contributed by atoms with Gasteiger partial charge in [-0.25, -0.2) is 4.98 Å². The van der Waals surface area contributed by atoms with Crippen molar-refractivity contribution in [2.24, 2.45) is 7.05 Å². The molecule has 0 aromatic carbocycles. The highest BCUT2D eigenvalue weighted by Crippen LogP contribution is 2.19. The van der Waals surface area contributed by atoms with Crippen LogP contribution in [0.4, 0.5) is 5.82 Å². The number of rotatable bonds is 6. The highest BCUT2D eigenvalue weighted by atomic mass is 16.3. The van der Waals surface area contributed by atoms with Crippen molar-refractivity contribution in [2.75, 3.05) is 37.6 Å². The molecule has 0 spiro atoms. The third-order valence-corrected chi connectivity index (χ3v) is 4.73. The number of hydrogen-bond acceptors (Lipinski definition) is 7. The summed E-state index contributed by atoms with van der Waals surface area (Å²) >= 11 is 0. The van der Waals surface area contributed by atoms with Crippen molar-refractivity contribution in [2.45, 2.75) is 6.54 Å². The maximum absolute atomic E-state index is 12.1. The first kappa shape index (κ1) is 18.2. The Kier molecular flexibility index (Phi) is 5.34. The molecule has 4 rings (SSSR count). The van der Waals surface area contributed by atoms with Gasteiger partial charge in [0.25, 0.3) is 0 Å². The number of nitrogens with zero attached hydrogens (tertiary/aromatic N) is 6. The van der Waals surface area contributed by atoms with E-state index < -0.39 is 0 Å². The molecule has 9 nitrogen and oxygen atoms in total. The quantitative estimate of drug-likeness (QED) is 0.678. The van der Waals surface area contributed by atoms with E-state index in [4.69, 9.17) is 9.40 Å². The van der Waals surface area contributed by atoms with Crippen LogP contribution in [0.15, 0.2) is 47.6 Å². The second-order valence-electron chi connectivity index (χ2n) is 6.78. The van der Waals surface area contributed by atoms with Crippen molar-refractivity contribution in [3.63, 3.8) is 0 Å². The number of nitrogens with one attached hydrogen (secondary N) is 1. The summed E-state index contributed by atoms with van der Waals surface area (Å²) in [6.45, 7) is 4.01. The zero-order valence-corrected chi connectivity index (χ0v) is 15.8. The fourth-order valence-electron chi connectivity index (χ4n) is 3.19. The van der Waals surface area contributed by atoms with Gasteiger partial charge in [0.05, 0.1) is 43.6 Å². The van der Waals surface area contributed by atoms with Gasteiger partial charge in [0.2, 0.25) is 5.91 Å². The van der Waals surface area contributed by atoms with Crippen LogP contribution in [0, 0.1) is 0 Å². The Bertz CT molecular complexity index is 914. The lowest BCUT2D eigenvalue weighted by molar-refractivity contribution is -0.122. The van der Waals surface area contributed by atoms with Gasteiger partial charge in [-0.05, 0) is 12.1 Å². The molecule has 28 heavy (non-hydrogen) atoms. The third kappa shape index (κ3) is 4.37. The Balaban J connectivity index is 1.29. The highest BCUT2D eigenvalue weighted by Gasteiger charge is 2.20. The Labute approximate surface area is 163 Å². The molecule has 0 radical (unpaired) electrons. The molecule has 0 unspecified atom stereocenters. The minimum Gasteiger partial charge on any atom is -0.467 e. The van der Waals surface area contributed by atoms with Gasteiger partial charge in [0, 0.05) is 45.0 Å². The van der Waals surface area contributed by atoms with Gasteiger partial charge in [-0.15, -0.1) is 0 Å². The number of aryl methyl sites for hydroxylation is 1. The maximum Gasteiger partial charge on any atom is 0.234 e. The number of amides is 1. The molecule has 0 bridgehead atoms. The molecular formula is C19H23N7O2. The molecule has 9 heteroatoms. The molecule has 0 aliphatic carbocycles. The Morgan fingerprint density at radius 1 is 1.21 bits per heavy atom. The van der Waals surface area contributed by atoms with Crippen LogP contribution in [0.2, 0.25) is 0 Å². The number of piperazine rings is 1. The van der Waals surface area contributed by atoms with E-state index in [0.29, 0.717) is 13.1 Å². The summed E-state index contributed by atoms with van der Waals surface area (Å²) in [6.07, 6.45) is 8.85. The predicted octanol–water partition coefficient (Wildman–Crippen LogP) is 0.908. The van der Waals surface area contributed by atoms with E-state index >= 15 is 0 Å². The first-order valence-electron chi connectivity index (χ1n) is 9.25. The fourth-order valence-corrected chi connectivity index (χ4v) is 3.19. The van der Waals surface area contributed by atoms with E-state index in [1.807, 2.05) is 25.4 Å². The average molecular weight is 381 g/mol. The van der Waals surface area contributed by atoms with Crippen LogP contribution < -0.4 is 10.2 Å². The number of hydrogen-bond donors (Lipinski definition) is 1. The monoisotopic (exact) mass is 381 g/mol. The summed E-state index contributed by atoms with van der Waals surface area (Å²) in [5.74, 6) is 1.61. The van der Waals surface area contributed by atoms with E-state index in [0.717, 1.165) is 49.0 Å². The minimum absolute atomic E-state index is 0.00298. The van der Waals surface area contributed by atoms with Gasteiger partial charge < -0.3 is 14.6 Å². The lowest BCUT2D eigenvalue weighted by atomic mass is 10.2. The Morgan fingerprint density at radius 2 is 2.07 bits per heavy atom. The van der Waals surface area contributed by atoms with Crippen molar-refractivity contribution in [3.05, 3.63) is 48.9 Å². The predicted molar refractivity (Wildman–Crippen MR) is 103 cm³/mol. The van der Waals surface area contributed by atoms with Crippen molar-refractivity contribution < 1.29 is 9.21 Å². The van der Waals surface area contributed by atoms with Gasteiger partial charge in [-0.2, -0.15) is 5.10 Å². The SMILES string of the molecule is Cn1cc(-c2cncc(N3CCN(CC(=O)NCc4ccco4)CC3)n2)cn1. The topological polar surface area (TPSA) is 92.3 Å². The molecule has 1 amide bonds. The largest absolute Gasteiger partial charge is 0.467 e. The number of aromatic nitrogens is 4. The number of carbonyl (C=O) groups is 1. The molecule has 3 aromatic heterocycles. The second kappa shape index (κ2) is 8.22. The molecule has 1 aliphatic heterocycles. The molecule has 3 aromatic rings. The van der Waals surface area contributed by atoms with Crippen LogP contribution in [-0.4, -0.2) is 63.3 Å². The van der Waals surface area contributed by atoms with Crippen LogP contribution in [0.5, 0.6) is 0 Å². The summed E-state index contributed by atoms with van der Waals surface area (Å²) in [5, 5.41) is 7.07. The summed E-state index contributed by atoms with van der Waals surface area (Å²) in [6, 6.07) is 3.66. The number of furan rings is 1. The second-order valence-corrected chi connectivity index (χ2v) is 6.78. The summed E-state index contributed by atoms with van der Waals surface area (Å²) in [5.41, 5.74) is 1.76. The fraction of sp³-hybridized carbons (Fsp3) is 0.368. The van der Waals surface area contributed by atoms with E-state index in [1.54, 1.807) is 29.5 Å². The molecular weight excluding hydrogens is 358 g/mol. The summed E-state index contributed by atoms with van der Waals surface area (Å²) < 4.78 is 6.98. The first-order chi connectivity index (χ1) is 13.7. The molecule has 1 N–H and O–H groups in total. The van der Waals surface area contributed by atoms with E-state index in [2.05, 4.69) is 25.2 Å². The van der Waals surface area contributed by atoms with Crippen LogP contribution >= 0.6 is 0 Å².